The summed E-state index contributed by atoms with van der Waals surface area (Å²) in [6.45, 7) is 3.55. The zero-order valence-electron chi connectivity index (χ0n) is 11.6. The van der Waals surface area contributed by atoms with Crippen LogP contribution in [0, 0.1) is 0 Å². The number of carbonyl (C=O) groups excluding carboxylic acids is 1. The minimum atomic E-state index is -0.403. The van der Waals surface area contributed by atoms with Crippen LogP contribution >= 0.6 is 11.6 Å². The average molecular weight is 281 g/mol. The van der Waals surface area contributed by atoms with E-state index in [2.05, 4.69) is 5.32 Å². The zero-order valence-corrected chi connectivity index (χ0v) is 12.3. The molecule has 2 rings (SSSR count). The maximum atomic E-state index is 12.5. The van der Waals surface area contributed by atoms with Crippen molar-refractivity contribution in [2.24, 2.45) is 0 Å². The third-order valence-corrected chi connectivity index (χ3v) is 4.02. The molecule has 0 aliphatic carbocycles. The van der Waals surface area contributed by atoms with E-state index in [1.54, 1.807) is 4.90 Å². The molecule has 0 saturated carbocycles. The summed E-state index contributed by atoms with van der Waals surface area (Å²) in [4.78, 5) is 14.3. The Morgan fingerprint density at radius 3 is 2.63 bits per heavy atom. The van der Waals surface area contributed by atoms with E-state index in [4.69, 9.17) is 11.6 Å². The number of rotatable bonds is 3. The molecule has 1 atom stereocenters. The number of amides is 1. The molecule has 1 amide bonds. The fourth-order valence-corrected chi connectivity index (χ4v) is 2.72. The first-order chi connectivity index (χ1) is 9.01. The van der Waals surface area contributed by atoms with Gasteiger partial charge in [0, 0.05) is 18.6 Å². The first-order valence-electron chi connectivity index (χ1n) is 6.76. The van der Waals surface area contributed by atoms with Crippen LogP contribution in [0.15, 0.2) is 24.3 Å². The van der Waals surface area contributed by atoms with Crippen molar-refractivity contribution >= 4 is 17.5 Å². The summed E-state index contributed by atoms with van der Waals surface area (Å²) in [6, 6.07) is 7.64. The Morgan fingerprint density at radius 1 is 1.37 bits per heavy atom. The Kier molecular flexibility index (Phi) is 4.48. The molecule has 0 radical (unpaired) electrons. The molecule has 0 aromatic heterocycles. The molecule has 1 aromatic carbocycles. The quantitative estimate of drug-likeness (QED) is 0.923. The molecule has 4 heteroatoms. The molecule has 1 heterocycles. The summed E-state index contributed by atoms with van der Waals surface area (Å²) < 4.78 is 0. The lowest BCUT2D eigenvalue weighted by Crippen LogP contribution is -2.57. The normalized spacial score (nSPS) is 23.1. The molecule has 1 N–H and O–H groups in total. The summed E-state index contributed by atoms with van der Waals surface area (Å²) in [5, 5.41) is 4.08. The van der Waals surface area contributed by atoms with Gasteiger partial charge < -0.3 is 10.2 Å². The van der Waals surface area contributed by atoms with Crippen LogP contribution in [0.5, 0.6) is 0 Å². The molecule has 1 aliphatic rings. The van der Waals surface area contributed by atoms with Gasteiger partial charge in [-0.15, -0.1) is 0 Å². The molecule has 1 aliphatic heterocycles. The molecule has 19 heavy (non-hydrogen) atoms. The van der Waals surface area contributed by atoms with Crippen molar-refractivity contribution in [2.75, 3.05) is 13.6 Å². The van der Waals surface area contributed by atoms with Crippen LogP contribution in [0.3, 0.4) is 0 Å². The van der Waals surface area contributed by atoms with Crippen molar-refractivity contribution in [3.63, 3.8) is 0 Å². The van der Waals surface area contributed by atoms with Crippen molar-refractivity contribution in [2.45, 2.75) is 38.3 Å². The average Bonchev–Trinajstić information content (AvgIpc) is 2.41. The van der Waals surface area contributed by atoms with Crippen LogP contribution in [-0.2, 0) is 11.3 Å². The minimum Gasteiger partial charge on any atom is -0.340 e. The van der Waals surface area contributed by atoms with Gasteiger partial charge in [0.15, 0.2) is 0 Å². The van der Waals surface area contributed by atoms with Gasteiger partial charge in [0.1, 0.15) is 0 Å². The van der Waals surface area contributed by atoms with E-state index in [1.807, 2.05) is 38.2 Å². The Morgan fingerprint density at radius 2 is 2.05 bits per heavy atom. The van der Waals surface area contributed by atoms with E-state index in [9.17, 15) is 4.79 Å². The van der Waals surface area contributed by atoms with Gasteiger partial charge in [-0.3, -0.25) is 4.79 Å². The second kappa shape index (κ2) is 5.93. The smallest absolute Gasteiger partial charge is 0.242 e. The summed E-state index contributed by atoms with van der Waals surface area (Å²) >= 11 is 5.86. The Hall–Kier alpha value is -1.06. The molecule has 1 fully saturated rings. The number of hydrogen-bond donors (Lipinski definition) is 1. The SMILES string of the molecule is CN(Cc1ccc(Cl)cc1)C(=O)C1(C)CCCCN1. The number of carbonyl (C=O) groups is 1. The molecule has 0 spiro atoms. The van der Waals surface area contributed by atoms with E-state index < -0.39 is 5.54 Å². The molecule has 0 bridgehead atoms. The van der Waals surface area contributed by atoms with Crippen LogP contribution in [0.25, 0.3) is 0 Å². The fourth-order valence-electron chi connectivity index (χ4n) is 2.60. The molecule has 1 saturated heterocycles. The molecule has 3 nitrogen and oxygen atoms in total. The zero-order chi connectivity index (χ0) is 13.9. The van der Waals surface area contributed by atoms with Crippen LogP contribution in [0.4, 0.5) is 0 Å². The van der Waals surface area contributed by atoms with Crippen LogP contribution < -0.4 is 5.32 Å². The largest absolute Gasteiger partial charge is 0.340 e. The highest BCUT2D eigenvalue weighted by molar-refractivity contribution is 6.30. The highest BCUT2D eigenvalue weighted by atomic mass is 35.5. The number of likely N-dealkylation sites (N-methyl/N-ethyl adjacent to an activating group) is 1. The second-order valence-electron chi connectivity index (χ2n) is 5.50. The predicted molar refractivity (Wildman–Crippen MR) is 78.2 cm³/mol. The van der Waals surface area contributed by atoms with Crippen molar-refractivity contribution in [3.05, 3.63) is 34.9 Å². The number of benzene rings is 1. The van der Waals surface area contributed by atoms with E-state index >= 15 is 0 Å². The van der Waals surface area contributed by atoms with Gasteiger partial charge in [-0.25, -0.2) is 0 Å². The van der Waals surface area contributed by atoms with Gasteiger partial charge >= 0.3 is 0 Å². The third kappa shape index (κ3) is 3.48. The maximum absolute atomic E-state index is 12.5. The lowest BCUT2D eigenvalue weighted by Gasteiger charge is -2.36. The number of nitrogens with zero attached hydrogens (tertiary/aromatic N) is 1. The molecular formula is C15H21ClN2O. The third-order valence-electron chi connectivity index (χ3n) is 3.77. The Balaban J connectivity index is 2.00. The highest BCUT2D eigenvalue weighted by Gasteiger charge is 2.36. The fraction of sp³-hybridized carbons (Fsp3) is 0.533. The van der Waals surface area contributed by atoms with Gasteiger partial charge in [-0.05, 0) is 50.4 Å². The van der Waals surface area contributed by atoms with Crippen molar-refractivity contribution < 1.29 is 4.79 Å². The van der Waals surface area contributed by atoms with Gasteiger partial charge in [0.05, 0.1) is 5.54 Å². The van der Waals surface area contributed by atoms with Crippen LogP contribution in [0.1, 0.15) is 31.7 Å². The summed E-state index contributed by atoms with van der Waals surface area (Å²) in [5.74, 6) is 0.169. The van der Waals surface area contributed by atoms with E-state index in [0.717, 1.165) is 36.4 Å². The van der Waals surface area contributed by atoms with E-state index in [1.165, 1.54) is 0 Å². The summed E-state index contributed by atoms with van der Waals surface area (Å²) in [5.41, 5.74) is 0.694. The van der Waals surface area contributed by atoms with Crippen LogP contribution in [0.2, 0.25) is 5.02 Å². The Bertz CT molecular complexity index is 438. The molecule has 1 aromatic rings. The maximum Gasteiger partial charge on any atom is 0.242 e. The van der Waals surface area contributed by atoms with Crippen molar-refractivity contribution in [3.8, 4) is 0 Å². The standard InChI is InChI=1S/C15H21ClN2O/c1-15(9-3-4-10-17-15)14(19)18(2)11-12-5-7-13(16)8-6-12/h5-8,17H,3-4,9-11H2,1-2H3. The highest BCUT2D eigenvalue weighted by Crippen LogP contribution is 2.22. The summed E-state index contributed by atoms with van der Waals surface area (Å²) in [7, 11) is 1.86. The molecule has 104 valence electrons. The monoisotopic (exact) mass is 280 g/mol. The topological polar surface area (TPSA) is 32.3 Å². The van der Waals surface area contributed by atoms with E-state index in [-0.39, 0.29) is 5.91 Å². The van der Waals surface area contributed by atoms with Gasteiger partial charge in [-0.1, -0.05) is 23.7 Å². The van der Waals surface area contributed by atoms with Gasteiger partial charge in [-0.2, -0.15) is 0 Å². The number of piperidine rings is 1. The Labute approximate surface area is 119 Å². The van der Waals surface area contributed by atoms with Crippen molar-refractivity contribution in [1.29, 1.82) is 0 Å². The van der Waals surface area contributed by atoms with E-state index in [0.29, 0.717) is 6.54 Å². The lowest BCUT2D eigenvalue weighted by atomic mass is 9.89. The molecule has 1 unspecified atom stereocenters. The first kappa shape index (κ1) is 14.4. The van der Waals surface area contributed by atoms with Crippen molar-refractivity contribution in [1.82, 2.24) is 10.2 Å². The predicted octanol–water partition coefficient (Wildman–Crippen LogP) is 2.83. The molecular weight excluding hydrogens is 260 g/mol. The first-order valence-corrected chi connectivity index (χ1v) is 7.14. The minimum absolute atomic E-state index is 0.169. The second-order valence-corrected chi connectivity index (χ2v) is 5.94. The number of hydrogen-bond acceptors (Lipinski definition) is 2. The lowest BCUT2D eigenvalue weighted by molar-refractivity contribution is -0.137. The number of nitrogens with one attached hydrogen (secondary N) is 1. The number of halogens is 1. The van der Waals surface area contributed by atoms with Crippen LogP contribution in [-0.4, -0.2) is 29.9 Å². The van der Waals surface area contributed by atoms with Gasteiger partial charge in [0.2, 0.25) is 5.91 Å². The van der Waals surface area contributed by atoms with Gasteiger partial charge in [0.25, 0.3) is 0 Å². The summed E-state index contributed by atoms with van der Waals surface area (Å²) in [6.07, 6.45) is 3.19.